The van der Waals surface area contributed by atoms with Crippen molar-refractivity contribution in [1.82, 2.24) is 9.55 Å². The van der Waals surface area contributed by atoms with Crippen LogP contribution in [0.1, 0.15) is 11.3 Å². The van der Waals surface area contributed by atoms with Crippen molar-refractivity contribution < 1.29 is 0 Å². The number of pyridine rings is 1. The molecule has 1 aromatic carbocycles. The summed E-state index contributed by atoms with van der Waals surface area (Å²) < 4.78 is 2.17. The Labute approximate surface area is 112 Å². The second-order valence-electron chi connectivity index (χ2n) is 4.77. The molecule has 0 saturated carbocycles. The number of anilines is 1. The molecule has 0 radical (unpaired) electrons. The fraction of sp³-hybridized carbons (Fsp3) is 0.188. The van der Waals surface area contributed by atoms with Crippen LogP contribution >= 0.6 is 0 Å². The van der Waals surface area contributed by atoms with Crippen molar-refractivity contribution >= 4 is 16.6 Å². The molecule has 0 amide bonds. The lowest BCUT2D eigenvalue weighted by Crippen LogP contribution is -2.01. The third-order valence-corrected chi connectivity index (χ3v) is 3.46. The highest BCUT2D eigenvalue weighted by molar-refractivity contribution is 5.84. The van der Waals surface area contributed by atoms with Crippen LogP contribution in [0, 0.1) is 6.92 Å². The van der Waals surface area contributed by atoms with Crippen LogP contribution in [0.3, 0.4) is 0 Å². The number of nitrogens with zero attached hydrogens (tertiary/aromatic N) is 2. The van der Waals surface area contributed by atoms with Gasteiger partial charge in [0.05, 0.1) is 11.4 Å². The van der Waals surface area contributed by atoms with Crippen molar-refractivity contribution in [2.75, 3.05) is 5.32 Å². The summed E-state index contributed by atoms with van der Waals surface area (Å²) in [5.74, 6) is 0. The first-order valence-electron chi connectivity index (χ1n) is 6.44. The Morgan fingerprint density at radius 3 is 2.84 bits per heavy atom. The molecule has 0 unspecified atom stereocenters. The topological polar surface area (TPSA) is 29.9 Å². The minimum Gasteiger partial charge on any atom is -0.379 e. The van der Waals surface area contributed by atoms with Crippen LogP contribution in [0.5, 0.6) is 0 Å². The van der Waals surface area contributed by atoms with Gasteiger partial charge in [-0.3, -0.25) is 4.98 Å². The first-order valence-corrected chi connectivity index (χ1v) is 6.44. The van der Waals surface area contributed by atoms with Crippen LogP contribution in [-0.4, -0.2) is 9.55 Å². The third-order valence-electron chi connectivity index (χ3n) is 3.46. The average Bonchev–Trinajstić information content (AvgIpc) is 2.75. The molecule has 96 valence electrons. The summed E-state index contributed by atoms with van der Waals surface area (Å²) in [6, 6.07) is 12.5. The summed E-state index contributed by atoms with van der Waals surface area (Å²) in [5.41, 5.74) is 4.70. The predicted octanol–water partition coefficient (Wildman–Crippen LogP) is 3.49. The molecule has 1 N–H and O–H groups in total. The van der Waals surface area contributed by atoms with E-state index in [1.165, 1.54) is 16.5 Å². The van der Waals surface area contributed by atoms with Gasteiger partial charge in [-0.2, -0.15) is 0 Å². The molecule has 0 saturated heterocycles. The molecule has 0 bridgehead atoms. The molecule has 0 spiro atoms. The van der Waals surface area contributed by atoms with Gasteiger partial charge in [0.15, 0.2) is 0 Å². The minimum absolute atomic E-state index is 0.813. The van der Waals surface area contributed by atoms with E-state index < -0.39 is 0 Å². The van der Waals surface area contributed by atoms with Gasteiger partial charge in [-0.1, -0.05) is 18.2 Å². The summed E-state index contributed by atoms with van der Waals surface area (Å²) in [6.45, 7) is 2.83. The highest BCUT2D eigenvalue weighted by Gasteiger charge is 2.06. The maximum absolute atomic E-state index is 4.29. The Kier molecular flexibility index (Phi) is 2.95. The normalized spacial score (nSPS) is 10.8. The fourth-order valence-corrected chi connectivity index (χ4v) is 2.43. The molecule has 2 heterocycles. The van der Waals surface area contributed by atoms with Crippen molar-refractivity contribution in [3.63, 3.8) is 0 Å². The van der Waals surface area contributed by atoms with E-state index in [2.05, 4.69) is 58.4 Å². The van der Waals surface area contributed by atoms with Crippen LogP contribution in [0.15, 0.2) is 48.8 Å². The molecular formula is C16H17N3. The highest BCUT2D eigenvalue weighted by Crippen LogP contribution is 2.21. The Morgan fingerprint density at radius 1 is 1.16 bits per heavy atom. The highest BCUT2D eigenvalue weighted by atomic mass is 14.9. The number of aromatic nitrogens is 2. The maximum atomic E-state index is 4.29. The van der Waals surface area contributed by atoms with Crippen LogP contribution < -0.4 is 5.32 Å². The summed E-state index contributed by atoms with van der Waals surface area (Å²) in [6.07, 6.45) is 4.00. The molecule has 2 aromatic heterocycles. The average molecular weight is 251 g/mol. The second-order valence-corrected chi connectivity index (χ2v) is 4.77. The Hall–Kier alpha value is -2.29. The molecule has 3 aromatic rings. The summed E-state index contributed by atoms with van der Waals surface area (Å²) in [4.78, 5) is 4.29. The van der Waals surface area contributed by atoms with Gasteiger partial charge in [0.1, 0.15) is 0 Å². The first-order chi connectivity index (χ1) is 9.25. The zero-order valence-electron chi connectivity index (χ0n) is 11.2. The standard InChI is InChI=1S/C16H17N3/c1-12-15(7-5-9-17-12)18-10-13-11-19(2)16-8-4-3-6-14(13)16/h3-9,11,18H,10H2,1-2H3. The number of hydrogen-bond donors (Lipinski definition) is 1. The number of hydrogen-bond acceptors (Lipinski definition) is 2. The number of benzene rings is 1. The molecule has 3 heteroatoms. The lowest BCUT2D eigenvalue weighted by atomic mass is 10.1. The SMILES string of the molecule is Cc1ncccc1NCc1cn(C)c2ccccc12. The summed E-state index contributed by atoms with van der Waals surface area (Å²) in [7, 11) is 2.08. The smallest absolute Gasteiger partial charge is 0.0603 e. The quantitative estimate of drug-likeness (QED) is 0.772. The Bertz CT molecular complexity index is 713. The van der Waals surface area contributed by atoms with Gasteiger partial charge in [-0.05, 0) is 30.7 Å². The van der Waals surface area contributed by atoms with Crippen LogP contribution in [0.25, 0.3) is 10.9 Å². The van der Waals surface area contributed by atoms with E-state index in [4.69, 9.17) is 0 Å². The molecule has 0 fully saturated rings. The van der Waals surface area contributed by atoms with Crippen LogP contribution in [-0.2, 0) is 13.6 Å². The van der Waals surface area contributed by atoms with E-state index in [0.29, 0.717) is 0 Å². The van der Waals surface area contributed by atoms with E-state index in [1.807, 2.05) is 19.2 Å². The Balaban J connectivity index is 1.88. The maximum Gasteiger partial charge on any atom is 0.0603 e. The number of rotatable bonds is 3. The predicted molar refractivity (Wildman–Crippen MR) is 79.2 cm³/mol. The van der Waals surface area contributed by atoms with Gasteiger partial charge >= 0.3 is 0 Å². The summed E-state index contributed by atoms with van der Waals surface area (Å²) >= 11 is 0. The van der Waals surface area contributed by atoms with Gasteiger partial charge in [-0.25, -0.2) is 0 Å². The lowest BCUT2D eigenvalue weighted by Gasteiger charge is -2.07. The number of nitrogens with one attached hydrogen (secondary N) is 1. The van der Waals surface area contributed by atoms with Gasteiger partial charge < -0.3 is 9.88 Å². The van der Waals surface area contributed by atoms with Crippen LogP contribution in [0.2, 0.25) is 0 Å². The monoisotopic (exact) mass is 251 g/mol. The fourth-order valence-electron chi connectivity index (χ4n) is 2.43. The third kappa shape index (κ3) is 2.19. The Morgan fingerprint density at radius 2 is 2.00 bits per heavy atom. The first kappa shape index (κ1) is 11.8. The van der Waals surface area contributed by atoms with Gasteiger partial charge in [0.25, 0.3) is 0 Å². The van der Waals surface area contributed by atoms with E-state index in [1.54, 1.807) is 0 Å². The van der Waals surface area contributed by atoms with Crippen molar-refractivity contribution in [2.24, 2.45) is 7.05 Å². The number of para-hydroxylation sites is 1. The van der Waals surface area contributed by atoms with E-state index in [9.17, 15) is 0 Å². The molecule has 0 aliphatic heterocycles. The molecular weight excluding hydrogens is 234 g/mol. The zero-order chi connectivity index (χ0) is 13.2. The molecule has 0 aliphatic rings. The van der Waals surface area contributed by atoms with Gasteiger partial charge in [0.2, 0.25) is 0 Å². The molecule has 3 nitrogen and oxygen atoms in total. The number of fused-ring (bicyclic) bond motifs is 1. The zero-order valence-corrected chi connectivity index (χ0v) is 11.2. The molecule has 0 aliphatic carbocycles. The second kappa shape index (κ2) is 4.76. The van der Waals surface area contributed by atoms with E-state index >= 15 is 0 Å². The van der Waals surface area contributed by atoms with Gasteiger partial charge in [-0.15, -0.1) is 0 Å². The van der Waals surface area contributed by atoms with Gasteiger partial charge in [0, 0.05) is 36.9 Å². The van der Waals surface area contributed by atoms with Crippen molar-refractivity contribution in [3.05, 3.63) is 60.0 Å². The van der Waals surface area contributed by atoms with Crippen molar-refractivity contribution in [1.29, 1.82) is 0 Å². The van der Waals surface area contributed by atoms with Crippen LogP contribution in [0.4, 0.5) is 5.69 Å². The number of aryl methyl sites for hydroxylation is 2. The lowest BCUT2D eigenvalue weighted by molar-refractivity contribution is 0.955. The molecule has 0 atom stereocenters. The van der Waals surface area contributed by atoms with E-state index in [-0.39, 0.29) is 0 Å². The largest absolute Gasteiger partial charge is 0.379 e. The molecule has 19 heavy (non-hydrogen) atoms. The minimum atomic E-state index is 0.813. The van der Waals surface area contributed by atoms with E-state index in [0.717, 1.165) is 17.9 Å². The van der Waals surface area contributed by atoms with Crippen molar-refractivity contribution in [2.45, 2.75) is 13.5 Å². The summed E-state index contributed by atoms with van der Waals surface area (Å²) in [5, 5.41) is 4.76. The van der Waals surface area contributed by atoms with Crippen molar-refractivity contribution in [3.8, 4) is 0 Å². The molecule has 3 rings (SSSR count).